The van der Waals surface area contributed by atoms with Crippen LogP contribution in [0.3, 0.4) is 0 Å². The molecule has 0 bridgehead atoms. The van der Waals surface area contributed by atoms with Gasteiger partial charge in [0.1, 0.15) is 5.69 Å². The number of allylic oxidation sites excluding steroid dienone is 2. The molecule has 2 aliphatic carbocycles. The Labute approximate surface area is 296 Å². The number of aromatic hydroxyl groups is 1. The molecule has 0 radical (unpaired) electrons. The number of nitrogens with zero attached hydrogens (tertiary/aromatic N) is 2. The number of carbonyl (C=O) groups excluding carboxylic acids is 4. The number of hydrogen-bond acceptors (Lipinski definition) is 7. The normalized spacial score (nSPS) is 28.5. The molecule has 4 aliphatic rings. The molecular formula is C34H29Cl2F5N2O8. The first-order chi connectivity index (χ1) is 24.0. The summed E-state index contributed by atoms with van der Waals surface area (Å²) in [5, 5.41) is 20.3. The van der Waals surface area contributed by atoms with Crippen LogP contribution in [0.4, 0.5) is 27.6 Å². The Hall–Kier alpha value is -4.24. The Morgan fingerprint density at radius 1 is 0.922 bits per heavy atom. The number of fused-ring (bicyclic) bond motifs is 4. The van der Waals surface area contributed by atoms with Gasteiger partial charge in [0.2, 0.25) is 17.6 Å². The van der Waals surface area contributed by atoms with Crippen LogP contribution >= 0.6 is 23.2 Å². The number of phenolic OH excluding ortho intramolecular Hbond substituents is 1. The topological polar surface area (TPSA) is 142 Å². The Morgan fingerprint density at radius 3 is 2.20 bits per heavy atom. The third-order valence-electron chi connectivity index (χ3n) is 10.2. The van der Waals surface area contributed by atoms with Crippen molar-refractivity contribution in [1.82, 2.24) is 4.90 Å². The number of rotatable bonds is 10. The quantitative estimate of drug-likeness (QED) is 0.0599. The van der Waals surface area contributed by atoms with Crippen molar-refractivity contribution in [2.24, 2.45) is 17.8 Å². The molecule has 1 saturated carbocycles. The zero-order chi connectivity index (χ0) is 37.3. The first kappa shape index (κ1) is 36.5. The zero-order valence-electron chi connectivity index (χ0n) is 26.7. The first-order valence-electron chi connectivity index (χ1n) is 16.0. The number of carboxylic acids is 1. The minimum absolute atomic E-state index is 0.0378. The number of benzene rings is 2. The molecule has 4 amide bonds. The minimum atomic E-state index is -2.79. The van der Waals surface area contributed by atoms with Gasteiger partial charge < -0.3 is 14.9 Å². The van der Waals surface area contributed by atoms with Crippen molar-refractivity contribution >= 4 is 58.5 Å². The largest absolute Gasteiger partial charge is 0.504 e. The average molecular weight is 760 g/mol. The summed E-state index contributed by atoms with van der Waals surface area (Å²) < 4.78 is 78.8. The summed E-state index contributed by atoms with van der Waals surface area (Å²) in [5.41, 5.74) is -1.89. The van der Waals surface area contributed by atoms with Gasteiger partial charge in [0.25, 0.3) is 11.8 Å². The van der Waals surface area contributed by atoms with Crippen LogP contribution in [0.1, 0.15) is 56.9 Å². The number of para-hydroxylation sites is 1. The summed E-state index contributed by atoms with van der Waals surface area (Å²) in [7, 11) is 0. The fourth-order valence-corrected chi connectivity index (χ4v) is 8.89. The van der Waals surface area contributed by atoms with Gasteiger partial charge in [-0.25, -0.2) is 26.9 Å². The van der Waals surface area contributed by atoms with E-state index in [9.17, 15) is 42.3 Å². The van der Waals surface area contributed by atoms with E-state index in [-0.39, 0.29) is 47.8 Å². The van der Waals surface area contributed by atoms with Crippen molar-refractivity contribution in [1.29, 1.82) is 0 Å². The molecule has 2 aromatic carbocycles. The molecule has 51 heavy (non-hydrogen) atoms. The van der Waals surface area contributed by atoms with E-state index in [1.807, 2.05) is 0 Å². The highest BCUT2D eigenvalue weighted by atomic mass is 35.5. The highest BCUT2D eigenvalue weighted by Crippen LogP contribution is 2.67. The molecule has 6 rings (SSSR count). The van der Waals surface area contributed by atoms with Crippen LogP contribution in [-0.4, -0.2) is 67.6 Å². The summed E-state index contributed by atoms with van der Waals surface area (Å²) in [6.45, 7) is 1.64. The van der Waals surface area contributed by atoms with Gasteiger partial charge in [-0.3, -0.25) is 28.9 Å². The molecule has 0 aromatic heterocycles. The Kier molecular flexibility index (Phi) is 9.36. The van der Waals surface area contributed by atoms with Crippen molar-refractivity contribution in [3.8, 4) is 11.5 Å². The van der Waals surface area contributed by atoms with E-state index in [0.29, 0.717) is 19.3 Å². The maximum Gasteiger partial charge on any atom is 0.303 e. The molecule has 6 atom stereocenters. The second-order valence-electron chi connectivity index (χ2n) is 12.9. The number of imide groups is 2. The van der Waals surface area contributed by atoms with Crippen molar-refractivity contribution in [2.75, 3.05) is 18.1 Å². The molecule has 272 valence electrons. The molecule has 2 heterocycles. The third-order valence-corrected chi connectivity index (χ3v) is 11.6. The van der Waals surface area contributed by atoms with Crippen LogP contribution in [-0.2, 0) is 24.0 Å². The Morgan fingerprint density at radius 2 is 1.57 bits per heavy atom. The number of aliphatic carboxylic acids is 1. The smallest absolute Gasteiger partial charge is 0.303 e. The predicted octanol–water partition coefficient (Wildman–Crippen LogP) is 5.69. The lowest BCUT2D eigenvalue weighted by Gasteiger charge is -2.50. The summed E-state index contributed by atoms with van der Waals surface area (Å²) in [4.78, 5) is 62.3. The Bertz CT molecular complexity index is 1900. The lowest BCUT2D eigenvalue weighted by molar-refractivity contribution is -0.141. The fourth-order valence-electron chi connectivity index (χ4n) is 7.97. The number of likely N-dealkylation sites (tertiary alicyclic amines) is 1. The van der Waals surface area contributed by atoms with E-state index in [4.69, 9.17) is 33.0 Å². The monoisotopic (exact) mass is 758 g/mol. The van der Waals surface area contributed by atoms with Gasteiger partial charge in [-0.15, -0.1) is 23.2 Å². The summed E-state index contributed by atoms with van der Waals surface area (Å²) in [5.74, 6) is -23.5. The van der Waals surface area contributed by atoms with Gasteiger partial charge in [0, 0.05) is 24.4 Å². The molecule has 0 spiro atoms. The van der Waals surface area contributed by atoms with Crippen molar-refractivity contribution in [3.63, 3.8) is 0 Å². The second kappa shape index (κ2) is 13.1. The molecule has 2 N–H and O–H groups in total. The predicted molar refractivity (Wildman–Crippen MR) is 169 cm³/mol. The lowest BCUT2D eigenvalue weighted by Crippen LogP contribution is -2.60. The highest BCUT2D eigenvalue weighted by Gasteiger charge is 2.77. The van der Waals surface area contributed by atoms with Crippen LogP contribution in [0.5, 0.6) is 11.5 Å². The number of carboxylic acid groups (broad SMARTS) is 1. The number of phenols is 1. The maximum atomic E-state index is 15.2. The van der Waals surface area contributed by atoms with Crippen LogP contribution in [0.2, 0.25) is 0 Å². The summed E-state index contributed by atoms with van der Waals surface area (Å²) in [6, 6.07) is 4.09. The lowest BCUT2D eigenvalue weighted by atomic mass is 9.56. The molecule has 10 nitrogen and oxygen atoms in total. The van der Waals surface area contributed by atoms with Crippen LogP contribution in [0, 0.1) is 46.8 Å². The maximum absolute atomic E-state index is 15.2. The number of alkyl halides is 2. The number of carbonyl (C=O) groups is 5. The number of halogens is 7. The van der Waals surface area contributed by atoms with Gasteiger partial charge in [-0.1, -0.05) is 30.2 Å². The van der Waals surface area contributed by atoms with E-state index < -0.39 is 110 Å². The van der Waals surface area contributed by atoms with Gasteiger partial charge in [0.05, 0.1) is 18.4 Å². The fraction of sp³-hybridized carbons (Fsp3) is 0.441. The molecule has 6 unspecified atom stereocenters. The van der Waals surface area contributed by atoms with Crippen LogP contribution < -0.4 is 9.64 Å². The van der Waals surface area contributed by atoms with Crippen molar-refractivity contribution in [3.05, 3.63) is 64.5 Å². The molecule has 2 aliphatic heterocycles. The van der Waals surface area contributed by atoms with Crippen LogP contribution in [0.15, 0.2) is 29.8 Å². The van der Waals surface area contributed by atoms with E-state index in [0.717, 1.165) is 4.90 Å². The van der Waals surface area contributed by atoms with Crippen molar-refractivity contribution < 1.29 is 60.9 Å². The number of amides is 4. The van der Waals surface area contributed by atoms with Crippen molar-refractivity contribution in [2.45, 2.75) is 61.1 Å². The molecule has 17 heteroatoms. The molecular weight excluding hydrogens is 730 g/mol. The van der Waals surface area contributed by atoms with Gasteiger partial charge in [-0.05, 0) is 44.6 Å². The van der Waals surface area contributed by atoms with Crippen LogP contribution in [0.25, 0.3) is 0 Å². The minimum Gasteiger partial charge on any atom is -0.504 e. The number of anilines is 1. The standard InChI is InChI=1S/C34H29Cl2F5N2O8/c1-2-51-18-8-6-7-16(28(18)46)21-14-10-11-15-20(30(48)42(29(15)47)12-5-3-4-9-19(44)45)17(14)13-33(35)31(49)43(32(50)34(21,33)36)27-25(40)23(38)22(37)24(39)26(27)41/h6-8,10,15,17,20-21,46H,2-5,9,11-13H2,1H3,(H,44,45). The summed E-state index contributed by atoms with van der Waals surface area (Å²) in [6.07, 6.45) is 1.66. The van der Waals surface area contributed by atoms with E-state index >= 15 is 8.78 Å². The van der Waals surface area contributed by atoms with Gasteiger partial charge in [0.15, 0.2) is 44.5 Å². The number of hydrogen-bond donors (Lipinski definition) is 2. The SMILES string of the molecule is CCOc1cccc(C2C3=CCC4C(=O)N(CCCCCC(=O)O)C(=O)C4C3CC3(Cl)C(=O)N(c4c(F)c(F)c(F)c(F)c4F)C(=O)C23Cl)c1O. The van der Waals surface area contributed by atoms with Gasteiger partial charge >= 0.3 is 5.97 Å². The number of unbranched alkanes of at least 4 members (excludes halogenated alkanes) is 2. The third kappa shape index (κ3) is 5.20. The Balaban J connectivity index is 1.50. The van der Waals surface area contributed by atoms with E-state index in [1.54, 1.807) is 6.92 Å². The molecule has 2 saturated heterocycles. The van der Waals surface area contributed by atoms with E-state index in [2.05, 4.69) is 0 Å². The molecule has 3 fully saturated rings. The molecule has 2 aromatic rings. The second-order valence-corrected chi connectivity index (χ2v) is 14.1. The highest BCUT2D eigenvalue weighted by molar-refractivity contribution is 6.58. The zero-order valence-corrected chi connectivity index (χ0v) is 28.2. The first-order valence-corrected chi connectivity index (χ1v) is 16.8. The summed E-state index contributed by atoms with van der Waals surface area (Å²) >= 11 is 14.2. The average Bonchev–Trinajstić information content (AvgIpc) is 3.41. The van der Waals surface area contributed by atoms with E-state index in [1.165, 1.54) is 24.3 Å². The number of ether oxygens (including phenoxy) is 1. The van der Waals surface area contributed by atoms with Gasteiger partial charge in [-0.2, -0.15) is 0 Å².